The van der Waals surface area contributed by atoms with E-state index in [1.54, 1.807) is 28.0 Å². The third kappa shape index (κ3) is 9.40. The van der Waals surface area contributed by atoms with E-state index in [0.717, 1.165) is 35.0 Å². The highest BCUT2D eigenvalue weighted by atomic mass is 32.2. The molecule has 1 N–H and O–H groups in total. The van der Waals surface area contributed by atoms with Crippen LogP contribution in [0.2, 0.25) is 0 Å². The number of fused-ring (bicyclic) bond motifs is 1. The van der Waals surface area contributed by atoms with Gasteiger partial charge in [-0.3, -0.25) is 0 Å². The molecule has 2 aromatic carbocycles. The molecule has 1 aromatic heterocycles. The van der Waals surface area contributed by atoms with E-state index in [1.807, 2.05) is 37.3 Å². The summed E-state index contributed by atoms with van der Waals surface area (Å²) >= 11 is 1.41. The molecule has 0 saturated carbocycles. The van der Waals surface area contributed by atoms with Gasteiger partial charge in [0.05, 0.1) is 27.2 Å². The van der Waals surface area contributed by atoms with E-state index in [1.165, 1.54) is 18.3 Å². The van der Waals surface area contributed by atoms with Crippen molar-refractivity contribution in [3.05, 3.63) is 59.6 Å². The third-order valence-corrected chi connectivity index (χ3v) is 9.29. The minimum Gasteiger partial charge on any atom is -0.450 e. The fourth-order valence-electron chi connectivity index (χ4n) is 4.38. The number of alkyl carbamates (subject to hydrolysis) is 1. The molecule has 0 spiro atoms. The molecule has 0 fully saturated rings. The molecule has 0 aliphatic heterocycles. The van der Waals surface area contributed by atoms with Gasteiger partial charge in [-0.2, -0.15) is 4.31 Å². The predicted octanol–water partition coefficient (Wildman–Crippen LogP) is 5.82. The molecule has 3 aromatic rings. The maximum atomic E-state index is 13.8. The lowest BCUT2D eigenvalue weighted by Gasteiger charge is -2.30. The number of benzene rings is 2. The first kappa shape index (κ1) is 30.7. The monoisotopic (exact) mass is 573 g/mol. The SMILES string of the molecule is CCCCCN(C[C@@H](C)[C@H](Cc1ccccc1)NC(=O)OCCCC(C)=O)S(=O)(=O)c1ccc2ncsc2c1. The summed E-state index contributed by atoms with van der Waals surface area (Å²) in [6.45, 7) is 6.34. The Morgan fingerprint density at radius 1 is 1.10 bits per heavy atom. The Morgan fingerprint density at radius 2 is 1.87 bits per heavy atom. The van der Waals surface area contributed by atoms with Crippen LogP contribution in [-0.2, 0) is 26.0 Å². The Hall–Kier alpha value is -2.82. The van der Waals surface area contributed by atoms with E-state index >= 15 is 0 Å². The van der Waals surface area contributed by atoms with Crippen LogP contribution >= 0.6 is 11.3 Å². The number of nitrogens with zero attached hydrogens (tertiary/aromatic N) is 2. The second-order valence-corrected chi connectivity index (χ2v) is 12.7. The smallest absolute Gasteiger partial charge is 0.407 e. The number of sulfonamides is 1. The molecule has 0 unspecified atom stereocenters. The summed E-state index contributed by atoms with van der Waals surface area (Å²) in [6.07, 6.45) is 3.43. The zero-order chi connectivity index (χ0) is 28.3. The molecule has 1 amide bonds. The number of nitrogens with one attached hydrogen (secondary N) is 1. The third-order valence-electron chi connectivity index (χ3n) is 6.64. The number of hydrogen-bond donors (Lipinski definition) is 1. The van der Waals surface area contributed by atoms with Gasteiger partial charge in [-0.1, -0.05) is 57.0 Å². The van der Waals surface area contributed by atoms with Gasteiger partial charge >= 0.3 is 6.09 Å². The number of carbonyl (C=O) groups is 2. The Kier molecular flexibility index (Phi) is 11.9. The lowest BCUT2D eigenvalue weighted by molar-refractivity contribution is -0.117. The zero-order valence-corrected chi connectivity index (χ0v) is 24.6. The number of Topliss-reactive ketones (excluding diaryl/α,β-unsaturated/α-hetero) is 1. The first-order chi connectivity index (χ1) is 18.7. The van der Waals surface area contributed by atoms with Gasteiger partial charge in [0.15, 0.2) is 0 Å². The molecule has 0 bridgehead atoms. The van der Waals surface area contributed by atoms with E-state index in [0.29, 0.717) is 25.8 Å². The number of rotatable bonds is 16. The van der Waals surface area contributed by atoms with Crippen molar-refractivity contribution in [2.75, 3.05) is 19.7 Å². The maximum Gasteiger partial charge on any atom is 0.407 e. The second kappa shape index (κ2) is 15.1. The summed E-state index contributed by atoms with van der Waals surface area (Å²) in [7, 11) is -3.77. The normalized spacial score (nSPS) is 13.3. The van der Waals surface area contributed by atoms with Gasteiger partial charge in [-0.15, -0.1) is 11.3 Å². The molecule has 212 valence electrons. The molecule has 0 aliphatic rings. The minimum atomic E-state index is -3.77. The average molecular weight is 574 g/mol. The molecule has 0 radical (unpaired) electrons. The van der Waals surface area contributed by atoms with Crippen LogP contribution in [0.15, 0.2) is 58.9 Å². The van der Waals surface area contributed by atoms with Gasteiger partial charge in [-0.25, -0.2) is 18.2 Å². The lowest BCUT2D eigenvalue weighted by Crippen LogP contribution is -2.46. The van der Waals surface area contributed by atoms with E-state index in [-0.39, 0.29) is 35.8 Å². The Morgan fingerprint density at radius 3 is 2.59 bits per heavy atom. The number of carbonyl (C=O) groups excluding carboxylic acids is 2. The number of hydrogen-bond acceptors (Lipinski definition) is 7. The first-order valence-corrected chi connectivity index (χ1v) is 15.8. The summed E-state index contributed by atoms with van der Waals surface area (Å²) in [6, 6.07) is 14.5. The first-order valence-electron chi connectivity index (χ1n) is 13.5. The molecule has 1 heterocycles. The number of thiazole rings is 1. The highest BCUT2D eigenvalue weighted by molar-refractivity contribution is 7.89. The summed E-state index contributed by atoms with van der Waals surface area (Å²) in [5.41, 5.74) is 3.52. The fraction of sp³-hybridized carbons (Fsp3) is 0.483. The maximum absolute atomic E-state index is 13.8. The minimum absolute atomic E-state index is 0.0495. The molecular weight excluding hydrogens is 534 g/mol. The van der Waals surface area contributed by atoms with Gasteiger partial charge in [0, 0.05) is 25.6 Å². The van der Waals surface area contributed by atoms with Gasteiger partial charge < -0.3 is 14.8 Å². The van der Waals surface area contributed by atoms with Gasteiger partial charge in [0.25, 0.3) is 0 Å². The fourth-order valence-corrected chi connectivity index (χ4v) is 6.78. The van der Waals surface area contributed by atoms with Crippen LogP contribution in [0.25, 0.3) is 10.2 Å². The second-order valence-electron chi connectivity index (χ2n) is 9.91. The standard InChI is InChI=1S/C29H39N3O5S2/c1-4-5-9-16-32(39(35,36)25-14-15-26-28(19-25)38-21-30-26)20-22(2)27(18-24-12-7-6-8-13-24)31-29(34)37-17-10-11-23(3)33/h6-8,12-15,19,21-22,27H,4-5,9-11,16-18,20H2,1-3H3,(H,31,34)/t22-,27+/m1/s1. The van der Waals surface area contributed by atoms with Crippen molar-refractivity contribution in [3.8, 4) is 0 Å². The summed E-state index contributed by atoms with van der Waals surface area (Å²) in [4.78, 5) is 28.3. The largest absolute Gasteiger partial charge is 0.450 e. The molecule has 0 aliphatic carbocycles. The van der Waals surface area contributed by atoms with Crippen molar-refractivity contribution in [2.45, 2.75) is 70.2 Å². The molecule has 2 atom stereocenters. The van der Waals surface area contributed by atoms with Gasteiger partial charge in [0.1, 0.15) is 5.78 Å². The molecule has 8 nitrogen and oxygen atoms in total. The van der Waals surface area contributed by atoms with Crippen LogP contribution in [-0.4, -0.2) is 55.3 Å². The number of ether oxygens (including phenoxy) is 1. The highest BCUT2D eigenvalue weighted by Crippen LogP contribution is 2.26. The summed E-state index contributed by atoms with van der Waals surface area (Å²) < 4.78 is 35.4. The van der Waals surface area contributed by atoms with E-state index in [4.69, 9.17) is 4.74 Å². The molecule has 10 heteroatoms. The topological polar surface area (TPSA) is 106 Å². The number of ketones is 1. The molecule has 3 rings (SSSR count). The van der Waals surface area contributed by atoms with Crippen LogP contribution in [0.1, 0.15) is 58.4 Å². The van der Waals surface area contributed by atoms with Crippen molar-refractivity contribution in [1.82, 2.24) is 14.6 Å². The number of aromatic nitrogens is 1. The van der Waals surface area contributed by atoms with Crippen LogP contribution in [0.3, 0.4) is 0 Å². The quantitative estimate of drug-likeness (QED) is 0.217. The molecule has 0 saturated heterocycles. The van der Waals surface area contributed by atoms with Crippen LogP contribution < -0.4 is 5.32 Å². The van der Waals surface area contributed by atoms with Gasteiger partial charge in [-0.05, 0) is 55.9 Å². The summed E-state index contributed by atoms with van der Waals surface area (Å²) in [5.74, 6) is -0.160. The highest BCUT2D eigenvalue weighted by Gasteiger charge is 2.30. The van der Waals surface area contributed by atoms with Crippen molar-refractivity contribution >= 4 is 43.5 Å². The zero-order valence-electron chi connectivity index (χ0n) is 23.0. The van der Waals surface area contributed by atoms with Crippen molar-refractivity contribution < 1.29 is 22.7 Å². The van der Waals surface area contributed by atoms with Crippen LogP contribution in [0, 0.1) is 5.92 Å². The Balaban J connectivity index is 1.79. The van der Waals surface area contributed by atoms with E-state index < -0.39 is 16.1 Å². The van der Waals surface area contributed by atoms with Gasteiger partial charge in [0.2, 0.25) is 10.0 Å². The van der Waals surface area contributed by atoms with Crippen molar-refractivity contribution in [3.63, 3.8) is 0 Å². The van der Waals surface area contributed by atoms with Crippen LogP contribution in [0.4, 0.5) is 4.79 Å². The Bertz CT molecular complexity index is 1310. The lowest BCUT2D eigenvalue weighted by atomic mass is 9.95. The molecule has 39 heavy (non-hydrogen) atoms. The number of unbranched alkanes of at least 4 members (excludes halogenated alkanes) is 2. The molecular formula is C29H39N3O5S2. The average Bonchev–Trinajstić information content (AvgIpc) is 3.39. The van der Waals surface area contributed by atoms with Crippen molar-refractivity contribution in [1.29, 1.82) is 0 Å². The van der Waals surface area contributed by atoms with Crippen LogP contribution in [0.5, 0.6) is 0 Å². The predicted molar refractivity (Wildman–Crippen MR) is 155 cm³/mol. The van der Waals surface area contributed by atoms with E-state index in [9.17, 15) is 18.0 Å². The Labute approximate surface area is 235 Å². The van der Waals surface area contributed by atoms with Crippen molar-refractivity contribution in [2.24, 2.45) is 5.92 Å². The van der Waals surface area contributed by atoms with E-state index in [2.05, 4.69) is 17.2 Å². The number of amides is 1. The summed E-state index contributed by atoms with van der Waals surface area (Å²) in [5, 5.41) is 2.96.